The third-order valence-corrected chi connectivity index (χ3v) is 1.74. The van der Waals surface area contributed by atoms with Crippen LogP contribution in [0.4, 0.5) is 4.39 Å². The molecule has 0 saturated carbocycles. The van der Waals surface area contributed by atoms with Gasteiger partial charge in [0.05, 0.1) is 13.3 Å². The monoisotopic (exact) mass is 182 g/mol. The van der Waals surface area contributed by atoms with Gasteiger partial charge >= 0.3 is 0 Å². The fraction of sp³-hybridized carbons (Fsp3) is 0.455. The van der Waals surface area contributed by atoms with Crippen molar-refractivity contribution in [2.45, 2.75) is 20.3 Å². The molecule has 0 unspecified atom stereocenters. The van der Waals surface area contributed by atoms with E-state index >= 15 is 0 Å². The molecule has 72 valence electrons. The van der Waals surface area contributed by atoms with Gasteiger partial charge in [-0.3, -0.25) is 4.39 Å². The third kappa shape index (κ3) is 3.45. The number of aryl methyl sites for hydroxylation is 2. The normalized spacial score (nSPS) is 10.1. The molecule has 2 heteroatoms. The van der Waals surface area contributed by atoms with Crippen molar-refractivity contribution in [1.82, 2.24) is 0 Å². The Labute approximate surface area is 78.5 Å². The standard InChI is InChI=1S/C11H15FO/c1-9-6-10(2)8-11(7-9)13-5-3-4-12/h6-8H,3-5H2,1-2H3. The molecule has 0 spiro atoms. The SMILES string of the molecule is Cc1cc(C)cc(OCCCF)c1. The minimum absolute atomic E-state index is 0.315. The highest BCUT2D eigenvalue weighted by molar-refractivity contribution is 5.32. The Morgan fingerprint density at radius 3 is 2.31 bits per heavy atom. The van der Waals surface area contributed by atoms with E-state index in [1.165, 1.54) is 11.1 Å². The van der Waals surface area contributed by atoms with Gasteiger partial charge in [-0.2, -0.15) is 0 Å². The van der Waals surface area contributed by atoms with Gasteiger partial charge in [0.2, 0.25) is 0 Å². The molecule has 0 aliphatic carbocycles. The van der Waals surface area contributed by atoms with Crippen molar-refractivity contribution in [3.8, 4) is 5.75 Å². The van der Waals surface area contributed by atoms with Gasteiger partial charge in [0.1, 0.15) is 5.75 Å². The van der Waals surface area contributed by atoms with Crippen molar-refractivity contribution in [2.24, 2.45) is 0 Å². The molecule has 1 aromatic rings. The smallest absolute Gasteiger partial charge is 0.119 e. The summed E-state index contributed by atoms with van der Waals surface area (Å²) in [5, 5.41) is 0. The second-order valence-electron chi connectivity index (χ2n) is 3.21. The van der Waals surface area contributed by atoms with E-state index < -0.39 is 0 Å². The molecule has 0 aliphatic rings. The summed E-state index contributed by atoms with van der Waals surface area (Å²) in [5.74, 6) is 0.839. The molecule has 1 rings (SSSR count). The summed E-state index contributed by atoms with van der Waals surface area (Å²) in [4.78, 5) is 0. The molecule has 0 bridgehead atoms. The molecule has 0 fully saturated rings. The lowest BCUT2D eigenvalue weighted by Gasteiger charge is -2.06. The molecule has 0 heterocycles. The lowest BCUT2D eigenvalue weighted by molar-refractivity contribution is 0.289. The van der Waals surface area contributed by atoms with E-state index in [-0.39, 0.29) is 6.67 Å². The van der Waals surface area contributed by atoms with Crippen molar-refractivity contribution in [1.29, 1.82) is 0 Å². The molecule has 0 radical (unpaired) electrons. The summed E-state index contributed by atoms with van der Waals surface area (Å²) in [7, 11) is 0. The summed E-state index contributed by atoms with van der Waals surface area (Å²) in [6.45, 7) is 4.19. The van der Waals surface area contributed by atoms with Crippen LogP contribution in [0.5, 0.6) is 5.75 Å². The number of hydrogen-bond acceptors (Lipinski definition) is 1. The van der Waals surface area contributed by atoms with E-state index in [0.717, 1.165) is 5.75 Å². The minimum atomic E-state index is -0.315. The first-order valence-electron chi connectivity index (χ1n) is 4.49. The topological polar surface area (TPSA) is 9.23 Å². The number of benzene rings is 1. The fourth-order valence-corrected chi connectivity index (χ4v) is 1.26. The summed E-state index contributed by atoms with van der Waals surface area (Å²) < 4.78 is 17.1. The molecule has 0 atom stereocenters. The highest BCUT2D eigenvalue weighted by Gasteiger charge is 1.96. The van der Waals surface area contributed by atoms with Crippen LogP contribution >= 0.6 is 0 Å². The minimum Gasteiger partial charge on any atom is -0.493 e. The van der Waals surface area contributed by atoms with Gasteiger partial charge in [-0.15, -0.1) is 0 Å². The van der Waals surface area contributed by atoms with Crippen LogP contribution in [-0.4, -0.2) is 13.3 Å². The summed E-state index contributed by atoms with van der Waals surface area (Å²) in [6, 6.07) is 6.01. The molecule has 0 N–H and O–H groups in total. The van der Waals surface area contributed by atoms with Crippen LogP contribution in [-0.2, 0) is 0 Å². The first kappa shape index (κ1) is 10.0. The Balaban J connectivity index is 2.56. The Bertz CT molecular complexity index is 251. The number of ether oxygens (including phenoxy) is 1. The number of rotatable bonds is 4. The predicted octanol–water partition coefficient (Wildman–Crippen LogP) is 3.04. The van der Waals surface area contributed by atoms with Crippen LogP contribution in [0.1, 0.15) is 17.5 Å². The van der Waals surface area contributed by atoms with Crippen LogP contribution in [0.25, 0.3) is 0 Å². The molecular weight excluding hydrogens is 167 g/mol. The van der Waals surface area contributed by atoms with Gasteiger partial charge in [0.25, 0.3) is 0 Å². The number of halogens is 1. The van der Waals surface area contributed by atoms with Crippen LogP contribution in [0, 0.1) is 13.8 Å². The quantitative estimate of drug-likeness (QED) is 0.650. The molecule has 1 aromatic carbocycles. The maximum Gasteiger partial charge on any atom is 0.119 e. The maximum absolute atomic E-state index is 11.8. The Morgan fingerprint density at radius 1 is 1.15 bits per heavy atom. The molecule has 1 nitrogen and oxygen atoms in total. The van der Waals surface area contributed by atoms with Crippen molar-refractivity contribution in [3.05, 3.63) is 29.3 Å². The third-order valence-electron chi connectivity index (χ3n) is 1.74. The van der Waals surface area contributed by atoms with E-state index in [4.69, 9.17) is 4.74 Å². The van der Waals surface area contributed by atoms with Crippen LogP contribution in [0.2, 0.25) is 0 Å². The average molecular weight is 182 g/mol. The van der Waals surface area contributed by atoms with Crippen LogP contribution < -0.4 is 4.74 Å². The summed E-state index contributed by atoms with van der Waals surface area (Å²) >= 11 is 0. The zero-order chi connectivity index (χ0) is 9.68. The van der Waals surface area contributed by atoms with E-state index in [1.54, 1.807) is 0 Å². The zero-order valence-electron chi connectivity index (χ0n) is 8.14. The first-order valence-corrected chi connectivity index (χ1v) is 4.49. The van der Waals surface area contributed by atoms with Gasteiger partial charge in [-0.25, -0.2) is 0 Å². The van der Waals surface area contributed by atoms with Crippen molar-refractivity contribution < 1.29 is 9.13 Å². The predicted molar refractivity (Wildman–Crippen MR) is 52.0 cm³/mol. The van der Waals surface area contributed by atoms with Crippen molar-refractivity contribution >= 4 is 0 Å². The Kier molecular flexibility index (Phi) is 3.74. The van der Waals surface area contributed by atoms with Gasteiger partial charge in [-0.05, 0) is 37.1 Å². The Morgan fingerprint density at radius 2 is 1.77 bits per heavy atom. The highest BCUT2D eigenvalue weighted by atomic mass is 19.1. The largest absolute Gasteiger partial charge is 0.493 e. The molecule has 0 aromatic heterocycles. The molecule has 0 saturated heterocycles. The molecular formula is C11H15FO. The van der Waals surface area contributed by atoms with E-state index in [2.05, 4.69) is 6.07 Å². The Hall–Kier alpha value is -1.05. The number of hydrogen-bond donors (Lipinski definition) is 0. The summed E-state index contributed by atoms with van der Waals surface area (Å²) in [6.07, 6.45) is 0.465. The molecule has 13 heavy (non-hydrogen) atoms. The van der Waals surface area contributed by atoms with Gasteiger partial charge < -0.3 is 4.74 Å². The molecule has 0 aliphatic heterocycles. The van der Waals surface area contributed by atoms with Gasteiger partial charge in [0, 0.05) is 6.42 Å². The van der Waals surface area contributed by atoms with Crippen molar-refractivity contribution in [3.63, 3.8) is 0 Å². The van der Waals surface area contributed by atoms with E-state index in [1.807, 2.05) is 26.0 Å². The second-order valence-corrected chi connectivity index (χ2v) is 3.21. The first-order chi connectivity index (χ1) is 6.22. The van der Waals surface area contributed by atoms with Crippen LogP contribution in [0.15, 0.2) is 18.2 Å². The average Bonchev–Trinajstić information content (AvgIpc) is 2.03. The van der Waals surface area contributed by atoms with Gasteiger partial charge in [-0.1, -0.05) is 6.07 Å². The fourth-order valence-electron chi connectivity index (χ4n) is 1.26. The van der Waals surface area contributed by atoms with E-state index in [0.29, 0.717) is 13.0 Å². The molecule has 0 amide bonds. The van der Waals surface area contributed by atoms with Crippen molar-refractivity contribution in [2.75, 3.05) is 13.3 Å². The number of alkyl halides is 1. The zero-order valence-corrected chi connectivity index (χ0v) is 8.14. The summed E-state index contributed by atoms with van der Waals surface area (Å²) in [5.41, 5.74) is 2.35. The lowest BCUT2D eigenvalue weighted by atomic mass is 10.1. The highest BCUT2D eigenvalue weighted by Crippen LogP contribution is 2.16. The van der Waals surface area contributed by atoms with Gasteiger partial charge in [0.15, 0.2) is 0 Å². The maximum atomic E-state index is 11.8. The lowest BCUT2D eigenvalue weighted by Crippen LogP contribution is -1.98. The van der Waals surface area contributed by atoms with Crippen LogP contribution in [0.3, 0.4) is 0 Å². The second kappa shape index (κ2) is 4.85. The van der Waals surface area contributed by atoms with E-state index in [9.17, 15) is 4.39 Å².